The summed E-state index contributed by atoms with van der Waals surface area (Å²) in [5.41, 5.74) is 0.349. The number of nitrogens with one attached hydrogen (secondary N) is 1. The molecule has 0 saturated carbocycles. The summed E-state index contributed by atoms with van der Waals surface area (Å²) >= 11 is 0. The van der Waals surface area contributed by atoms with Gasteiger partial charge in [-0.2, -0.15) is 0 Å². The first kappa shape index (κ1) is 24.8. The zero-order valence-electron chi connectivity index (χ0n) is 19.2. The highest BCUT2D eigenvalue weighted by Crippen LogP contribution is 2.36. The van der Waals surface area contributed by atoms with E-state index >= 15 is 0 Å². The van der Waals surface area contributed by atoms with Crippen LogP contribution < -0.4 is 5.32 Å². The van der Waals surface area contributed by atoms with Gasteiger partial charge >= 0.3 is 5.97 Å². The number of hydrogen-bond donors (Lipinski definition) is 1. The maximum Gasteiger partial charge on any atom is 0.306 e. The van der Waals surface area contributed by atoms with Crippen LogP contribution in [0.4, 0.5) is 4.39 Å². The predicted molar refractivity (Wildman–Crippen MR) is 117 cm³/mol. The summed E-state index contributed by atoms with van der Waals surface area (Å²) in [6, 6.07) is 5.68. The lowest BCUT2D eigenvalue weighted by molar-refractivity contribution is -0.144. The number of likely N-dealkylation sites (tertiary alicyclic amines) is 1. The number of ether oxygens (including phenoxy) is 1. The maximum absolute atomic E-state index is 13.4. The van der Waals surface area contributed by atoms with Crippen molar-refractivity contribution in [1.29, 1.82) is 0 Å². The number of rotatable bonds is 7. The van der Waals surface area contributed by atoms with Crippen molar-refractivity contribution in [3.63, 3.8) is 0 Å². The van der Waals surface area contributed by atoms with E-state index in [0.29, 0.717) is 19.7 Å². The number of benzene rings is 1. The smallest absolute Gasteiger partial charge is 0.306 e. The van der Waals surface area contributed by atoms with Crippen molar-refractivity contribution < 1.29 is 23.5 Å². The first-order valence-corrected chi connectivity index (χ1v) is 11.0. The number of hydrogen-bond acceptors (Lipinski definition) is 4. The van der Waals surface area contributed by atoms with Gasteiger partial charge in [-0.1, -0.05) is 32.9 Å². The van der Waals surface area contributed by atoms with Crippen LogP contribution in [0.15, 0.2) is 24.3 Å². The Kier molecular flexibility index (Phi) is 8.60. The third kappa shape index (κ3) is 7.04. The van der Waals surface area contributed by atoms with Crippen molar-refractivity contribution >= 4 is 17.8 Å². The van der Waals surface area contributed by atoms with E-state index in [9.17, 15) is 18.8 Å². The van der Waals surface area contributed by atoms with E-state index in [0.717, 1.165) is 18.4 Å². The molecule has 0 unspecified atom stereocenters. The van der Waals surface area contributed by atoms with Crippen LogP contribution in [0.5, 0.6) is 0 Å². The van der Waals surface area contributed by atoms with E-state index in [1.165, 1.54) is 12.1 Å². The van der Waals surface area contributed by atoms with Gasteiger partial charge in [-0.15, -0.1) is 0 Å². The van der Waals surface area contributed by atoms with Crippen molar-refractivity contribution in [1.82, 2.24) is 10.2 Å². The average molecular weight is 435 g/mol. The van der Waals surface area contributed by atoms with Gasteiger partial charge in [0, 0.05) is 18.5 Å². The fourth-order valence-corrected chi connectivity index (χ4v) is 3.94. The second kappa shape index (κ2) is 10.7. The van der Waals surface area contributed by atoms with Gasteiger partial charge < -0.3 is 15.0 Å². The summed E-state index contributed by atoms with van der Waals surface area (Å²) in [5, 5.41) is 2.80. The third-order valence-electron chi connectivity index (χ3n) is 5.81. The highest BCUT2D eigenvalue weighted by atomic mass is 19.1. The molecule has 0 spiro atoms. The van der Waals surface area contributed by atoms with Gasteiger partial charge in [-0.3, -0.25) is 14.4 Å². The van der Waals surface area contributed by atoms with Crippen LogP contribution in [0.3, 0.4) is 0 Å². The molecule has 1 aliphatic heterocycles. The molecule has 1 N–H and O–H groups in total. The van der Waals surface area contributed by atoms with Gasteiger partial charge in [0.05, 0.1) is 13.0 Å². The SMILES string of the molecule is CCOC(=O)C[C@@H](c1ccc(F)cc1)C1CCN(C(=O)[C@H](C)NC(=O)C(C)(C)C)CC1. The summed E-state index contributed by atoms with van der Waals surface area (Å²) in [7, 11) is 0. The minimum atomic E-state index is -0.587. The lowest BCUT2D eigenvalue weighted by atomic mass is 9.78. The summed E-state index contributed by atoms with van der Waals surface area (Å²) in [4.78, 5) is 38.9. The fourth-order valence-electron chi connectivity index (χ4n) is 3.94. The molecular weight excluding hydrogens is 399 g/mol. The molecule has 2 atom stereocenters. The van der Waals surface area contributed by atoms with Gasteiger partial charge in [0.15, 0.2) is 0 Å². The van der Waals surface area contributed by atoms with Crippen molar-refractivity contribution in [3.8, 4) is 0 Å². The van der Waals surface area contributed by atoms with Gasteiger partial charge in [-0.25, -0.2) is 4.39 Å². The summed E-state index contributed by atoms with van der Waals surface area (Å²) in [5.74, 6) is -0.749. The molecule has 0 aliphatic carbocycles. The molecule has 1 aliphatic rings. The van der Waals surface area contributed by atoms with Crippen LogP contribution >= 0.6 is 0 Å². The molecule has 2 rings (SSSR count). The predicted octanol–water partition coefficient (Wildman–Crippen LogP) is 3.65. The van der Waals surface area contributed by atoms with E-state index in [4.69, 9.17) is 4.74 Å². The van der Waals surface area contributed by atoms with Crippen molar-refractivity contribution in [3.05, 3.63) is 35.6 Å². The summed E-state index contributed by atoms with van der Waals surface area (Å²) in [6.45, 7) is 10.3. The summed E-state index contributed by atoms with van der Waals surface area (Å²) < 4.78 is 18.5. The number of piperidine rings is 1. The standard InChI is InChI=1S/C24H35FN2O4/c1-6-31-21(28)15-20(17-7-9-19(25)10-8-17)18-11-13-27(14-12-18)22(29)16(2)26-23(30)24(3,4)5/h7-10,16,18,20H,6,11-15H2,1-5H3,(H,26,30)/t16-,20-/m0/s1. The first-order chi connectivity index (χ1) is 14.5. The van der Waals surface area contributed by atoms with Gasteiger partial charge in [0.2, 0.25) is 11.8 Å². The third-order valence-corrected chi connectivity index (χ3v) is 5.81. The lowest BCUT2D eigenvalue weighted by Gasteiger charge is -2.37. The Morgan fingerprint density at radius 2 is 1.74 bits per heavy atom. The molecule has 6 nitrogen and oxygen atoms in total. The Bertz CT molecular complexity index is 765. The van der Waals surface area contributed by atoms with E-state index in [-0.39, 0.29) is 41.9 Å². The fraction of sp³-hybridized carbons (Fsp3) is 0.625. The van der Waals surface area contributed by atoms with E-state index in [1.54, 1.807) is 30.9 Å². The second-order valence-corrected chi connectivity index (χ2v) is 9.28. The van der Waals surface area contributed by atoms with Crippen LogP contribution in [-0.2, 0) is 19.1 Å². The van der Waals surface area contributed by atoms with E-state index in [1.807, 2.05) is 20.8 Å². The number of carbonyl (C=O) groups excluding carboxylic acids is 3. The number of carbonyl (C=O) groups is 3. The zero-order chi connectivity index (χ0) is 23.2. The van der Waals surface area contributed by atoms with Crippen LogP contribution in [0.2, 0.25) is 0 Å². The van der Waals surface area contributed by atoms with Crippen LogP contribution in [0.25, 0.3) is 0 Å². The molecule has 7 heteroatoms. The monoisotopic (exact) mass is 434 g/mol. The molecule has 1 fully saturated rings. The molecule has 0 aromatic heterocycles. The van der Waals surface area contributed by atoms with Crippen LogP contribution in [0.1, 0.15) is 65.4 Å². The van der Waals surface area contributed by atoms with Crippen molar-refractivity contribution in [2.45, 2.75) is 65.8 Å². The minimum absolute atomic E-state index is 0.0880. The second-order valence-electron chi connectivity index (χ2n) is 9.28. The number of halogens is 1. The molecule has 172 valence electrons. The van der Waals surface area contributed by atoms with Crippen molar-refractivity contribution in [2.75, 3.05) is 19.7 Å². The molecule has 1 aromatic rings. The topological polar surface area (TPSA) is 75.7 Å². The van der Waals surface area contributed by atoms with E-state index < -0.39 is 11.5 Å². The largest absolute Gasteiger partial charge is 0.466 e. The number of nitrogens with zero attached hydrogens (tertiary/aromatic N) is 1. The summed E-state index contributed by atoms with van der Waals surface area (Å²) in [6.07, 6.45) is 1.69. The van der Waals surface area contributed by atoms with Gasteiger partial charge in [0.25, 0.3) is 0 Å². The number of esters is 1. The molecule has 1 heterocycles. The molecule has 0 radical (unpaired) electrons. The van der Waals surface area contributed by atoms with E-state index in [2.05, 4.69) is 5.32 Å². The normalized spacial score (nSPS) is 17.0. The zero-order valence-corrected chi connectivity index (χ0v) is 19.2. The Morgan fingerprint density at radius 3 is 2.26 bits per heavy atom. The van der Waals surface area contributed by atoms with Gasteiger partial charge in [-0.05, 0) is 56.2 Å². The van der Waals surface area contributed by atoms with Crippen LogP contribution in [0, 0.1) is 17.2 Å². The minimum Gasteiger partial charge on any atom is -0.466 e. The first-order valence-electron chi connectivity index (χ1n) is 11.0. The Balaban J connectivity index is 2.02. The highest BCUT2D eigenvalue weighted by Gasteiger charge is 2.33. The number of amides is 2. The highest BCUT2D eigenvalue weighted by molar-refractivity contribution is 5.89. The molecule has 31 heavy (non-hydrogen) atoms. The lowest BCUT2D eigenvalue weighted by Crippen LogP contribution is -2.51. The van der Waals surface area contributed by atoms with Gasteiger partial charge in [0.1, 0.15) is 11.9 Å². The molecule has 2 amide bonds. The Morgan fingerprint density at radius 1 is 1.16 bits per heavy atom. The molecule has 1 saturated heterocycles. The van der Waals surface area contributed by atoms with Crippen LogP contribution in [-0.4, -0.2) is 48.4 Å². The Labute approximate surface area is 184 Å². The van der Waals surface area contributed by atoms with Crippen molar-refractivity contribution in [2.24, 2.45) is 11.3 Å². The Hall–Kier alpha value is -2.44. The average Bonchev–Trinajstić information content (AvgIpc) is 2.72. The molecule has 1 aromatic carbocycles. The quantitative estimate of drug-likeness (QED) is 0.665. The molecule has 0 bridgehead atoms. The molecular formula is C24H35FN2O4. The maximum atomic E-state index is 13.4.